The molecule has 10 heteroatoms. The lowest BCUT2D eigenvalue weighted by atomic mass is 9.87. The smallest absolute Gasteiger partial charge is 0.315 e. The summed E-state index contributed by atoms with van der Waals surface area (Å²) in [6.07, 6.45) is -0.255. The summed E-state index contributed by atoms with van der Waals surface area (Å²) in [6, 6.07) is 5.03. The van der Waals surface area contributed by atoms with Crippen LogP contribution in [0.15, 0.2) is 22.7 Å². The molecule has 2 amide bonds. The van der Waals surface area contributed by atoms with E-state index in [-0.39, 0.29) is 35.4 Å². The molecule has 0 saturated carbocycles. The number of halogens is 1. The summed E-state index contributed by atoms with van der Waals surface area (Å²) in [4.78, 5) is 30.0. The van der Waals surface area contributed by atoms with Crippen molar-refractivity contribution in [2.75, 3.05) is 20.1 Å². The minimum atomic E-state index is -1.23. The quantitative estimate of drug-likeness (QED) is 0.704. The molecular weight excluding hydrogens is 410 g/mol. The first-order chi connectivity index (χ1) is 13.7. The van der Waals surface area contributed by atoms with E-state index in [0.29, 0.717) is 36.7 Å². The number of aromatic nitrogens is 2. The van der Waals surface area contributed by atoms with Crippen LogP contribution in [0.4, 0.5) is 10.5 Å². The number of nitrogens with zero attached hydrogens (tertiary/aromatic N) is 4. The number of carbonyl (C=O) groups is 2. The van der Waals surface area contributed by atoms with Crippen LogP contribution in [0.5, 0.6) is 0 Å². The molecule has 1 unspecified atom stereocenters. The largest absolute Gasteiger partial charge is 0.530 e. The minimum Gasteiger partial charge on any atom is -0.530 e. The number of fused-ring (bicyclic) bond motifs is 1. The summed E-state index contributed by atoms with van der Waals surface area (Å²) in [7, 11) is 1.87. The van der Waals surface area contributed by atoms with Gasteiger partial charge in [-0.05, 0) is 26.0 Å². The number of amides is 2. The Labute approximate surface area is 181 Å². The molecular formula is C20H28ClN5O4. The average Bonchev–Trinajstić information content (AvgIpc) is 3.14. The van der Waals surface area contributed by atoms with Crippen molar-refractivity contribution in [1.82, 2.24) is 19.5 Å². The zero-order valence-electron chi connectivity index (χ0n) is 17.6. The summed E-state index contributed by atoms with van der Waals surface area (Å²) in [6.45, 7) is 5.99. The maximum absolute atomic E-state index is 12.6. The molecule has 2 heterocycles. The molecule has 2 aromatic rings. The number of nitrogens with two attached hydrogens (primary N) is 1. The molecule has 9 nitrogen and oxygen atoms in total. The zero-order chi connectivity index (χ0) is 21.3. The molecule has 0 bridgehead atoms. The highest BCUT2D eigenvalue weighted by atomic mass is 35.5. The molecule has 0 saturated heterocycles. The van der Waals surface area contributed by atoms with Gasteiger partial charge in [0.25, 0.3) is 0 Å². The van der Waals surface area contributed by atoms with Gasteiger partial charge in [-0.1, -0.05) is 5.16 Å². The van der Waals surface area contributed by atoms with Crippen molar-refractivity contribution in [2.24, 2.45) is 5.73 Å². The maximum atomic E-state index is 12.6. The number of rotatable bonds is 5. The molecule has 1 aliphatic heterocycles. The molecule has 30 heavy (non-hydrogen) atoms. The van der Waals surface area contributed by atoms with Gasteiger partial charge in [-0.2, -0.15) is 4.98 Å². The fourth-order valence-corrected chi connectivity index (χ4v) is 4.13. The van der Waals surface area contributed by atoms with Gasteiger partial charge in [0, 0.05) is 43.1 Å². The van der Waals surface area contributed by atoms with Gasteiger partial charge in [0.15, 0.2) is 0 Å². The van der Waals surface area contributed by atoms with E-state index in [2.05, 4.69) is 10.1 Å². The first-order valence-corrected chi connectivity index (χ1v) is 9.76. The standard InChI is InChI=1S/C20H27N5O4.ClH/c1-5-24(20(27)28)16-10-12(2)25(4,13(3)26)17-7-6-14(11-15(16)17)19-22-18(8-9-21)29-23-19;/h6-7,11-12,16H,5,8-10,21H2,1-4H3;1H/t12-,16+,25?;/m0./s1. The molecule has 0 fully saturated rings. The van der Waals surface area contributed by atoms with Crippen molar-refractivity contribution < 1.29 is 19.2 Å². The lowest BCUT2D eigenvalue weighted by Crippen LogP contribution is -2.60. The van der Waals surface area contributed by atoms with Gasteiger partial charge in [-0.15, -0.1) is 12.4 Å². The molecule has 1 aromatic heterocycles. The number of carboxylic acid groups (broad SMARTS) is 1. The van der Waals surface area contributed by atoms with Crippen molar-refractivity contribution in [3.05, 3.63) is 29.7 Å². The van der Waals surface area contributed by atoms with Crippen LogP contribution in [0.3, 0.4) is 0 Å². The lowest BCUT2D eigenvalue weighted by molar-refractivity contribution is -0.268. The number of hydrogen-bond acceptors (Lipinski definition) is 7. The molecule has 0 radical (unpaired) electrons. The summed E-state index contributed by atoms with van der Waals surface area (Å²) < 4.78 is 5.32. The molecule has 1 aliphatic rings. The Kier molecular flexibility index (Phi) is 7.23. The van der Waals surface area contributed by atoms with E-state index < -0.39 is 12.1 Å². The van der Waals surface area contributed by atoms with E-state index in [1.165, 1.54) is 4.90 Å². The molecule has 3 rings (SSSR count). The van der Waals surface area contributed by atoms with E-state index in [1.807, 2.05) is 32.2 Å². The predicted octanol–water partition coefficient (Wildman–Crippen LogP) is 1.64. The van der Waals surface area contributed by atoms with Crippen molar-refractivity contribution in [3.8, 4) is 11.4 Å². The zero-order valence-corrected chi connectivity index (χ0v) is 18.4. The van der Waals surface area contributed by atoms with Crippen molar-refractivity contribution in [2.45, 2.75) is 45.7 Å². The SMILES string of the molecule is CCN(C(=O)[O-])[C@@H]1C[C@H](C)[N+](C)(C(C)=O)c2ccc(-c3noc(CCN)n3)cc21.Cl. The normalized spacial score (nSPS) is 22.7. The second kappa shape index (κ2) is 9.11. The topological polar surface area (TPSA) is 125 Å². The summed E-state index contributed by atoms with van der Waals surface area (Å²) >= 11 is 0. The van der Waals surface area contributed by atoms with Gasteiger partial charge >= 0.3 is 5.91 Å². The van der Waals surface area contributed by atoms with E-state index in [9.17, 15) is 14.7 Å². The fourth-order valence-electron chi connectivity index (χ4n) is 4.13. The van der Waals surface area contributed by atoms with Crippen LogP contribution in [0, 0.1) is 0 Å². The van der Waals surface area contributed by atoms with E-state index in [4.69, 9.17) is 10.3 Å². The predicted molar refractivity (Wildman–Crippen MR) is 113 cm³/mol. The average molecular weight is 438 g/mol. The maximum Gasteiger partial charge on any atom is 0.315 e. The third-order valence-corrected chi connectivity index (χ3v) is 6.02. The first kappa shape index (κ1) is 23.8. The third kappa shape index (κ3) is 3.92. The highest BCUT2D eigenvalue weighted by Gasteiger charge is 2.47. The molecule has 3 atom stereocenters. The molecule has 1 aromatic carbocycles. The Balaban J connectivity index is 0.00000320. The molecule has 0 aliphatic carbocycles. The Morgan fingerprint density at radius 1 is 1.40 bits per heavy atom. The highest BCUT2D eigenvalue weighted by molar-refractivity contribution is 5.89. The van der Waals surface area contributed by atoms with Gasteiger partial charge in [-0.25, -0.2) is 9.28 Å². The number of benzene rings is 1. The third-order valence-electron chi connectivity index (χ3n) is 6.02. The van der Waals surface area contributed by atoms with Crippen LogP contribution in [0.2, 0.25) is 0 Å². The van der Waals surface area contributed by atoms with Crippen molar-refractivity contribution >= 4 is 30.1 Å². The van der Waals surface area contributed by atoms with Crippen LogP contribution >= 0.6 is 12.4 Å². The van der Waals surface area contributed by atoms with E-state index >= 15 is 0 Å². The molecule has 0 spiro atoms. The molecule has 164 valence electrons. The highest BCUT2D eigenvalue weighted by Crippen LogP contribution is 2.45. The van der Waals surface area contributed by atoms with Gasteiger partial charge < -0.3 is 25.1 Å². The van der Waals surface area contributed by atoms with Gasteiger partial charge in [-0.3, -0.25) is 0 Å². The Morgan fingerprint density at radius 2 is 2.10 bits per heavy atom. The summed E-state index contributed by atoms with van der Waals surface area (Å²) in [5.41, 5.74) is 7.76. The van der Waals surface area contributed by atoms with Crippen LogP contribution < -0.4 is 15.3 Å². The van der Waals surface area contributed by atoms with Crippen LogP contribution in [-0.4, -0.2) is 53.2 Å². The monoisotopic (exact) mass is 437 g/mol. The van der Waals surface area contributed by atoms with Gasteiger partial charge in [0.05, 0.1) is 26.1 Å². The fraction of sp³-hybridized carbons (Fsp3) is 0.500. The first-order valence-electron chi connectivity index (χ1n) is 9.76. The van der Waals surface area contributed by atoms with Gasteiger partial charge in [0.2, 0.25) is 11.7 Å². The second-order valence-electron chi connectivity index (χ2n) is 7.57. The van der Waals surface area contributed by atoms with Crippen LogP contribution in [0.1, 0.15) is 44.7 Å². The van der Waals surface area contributed by atoms with Crippen LogP contribution in [-0.2, 0) is 11.2 Å². The number of hydrogen-bond donors (Lipinski definition) is 1. The lowest BCUT2D eigenvalue weighted by Gasteiger charge is -2.46. The molecule has 2 N–H and O–H groups in total. The number of carbonyl (C=O) groups excluding carboxylic acids is 2. The van der Waals surface area contributed by atoms with Gasteiger partial charge in [0.1, 0.15) is 11.8 Å². The van der Waals surface area contributed by atoms with Crippen molar-refractivity contribution in [3.63, 3.8) is 0 Å². The Morgan fingerprint density at radius 3 is 2.67 bits per heavy atom. The Bertz CT molecular complexity index is 934. The number of quaternary nitrogens is 1. The Hall–Kier alpha value is -2.49. The second-order valence-corrected chi connectivity index (χ2v) is 7.57. The minimum absolute atomic E-state index is 0. The van der Waals surface area contributed by atoms with E-state index in [0.717, 1.165) is 11.3 Å². The summed E-state index contributed by atoms with van der Waals surface area (Å²) in [5.74, 6) is 0.841. The van der Waals surface area contributed by atoms with Crippen molar-refractivity contribution in [1.29, 1.82) is 0 Å². The summed E-state index contributed by atoms with van der Waals surface area (Å²) in [5, 5.41) is 15.8. The van der Waals surface area contributed by atoms with E-state index in [1.54, 1.807) is 13.8 Å². The van der Waals surface area contributed by atoms with Crippen LogP contribution in [0.25, 0.3) is 11.4 Å².